The summed E-state index contributed by atoms with van der Waals surface area (Å²) in [5, 5.41) is 0. The lowest BCUT2D eigenvalue weighted by Gasteiger charge is -1.96. The molecule has 0 spiro atoms. The number of alkyl halides is 2. The summed E-state index contributed by atoms with van der Waals surface area (Å²) < 4.78 is 12.0. The van der Waals surface area contributed by atoms with Crippen LogP contribution in [0.5, 0.6) is 0 Å². The average Bonchev–Trinajstić information content (AvgIpc) is 1.68. The van der Waals surface area contributed by atoms with E-state index in [1.54, 1.807) is 0 Å². The Morgan fingerprint density at radius 1 is 1.86 bits per heavy atom. The molecule has 0 bridgehead atoms. The topological polar surface area (TPSA) is 0 Å². The van der Waals surface area contributed by atoms with Gasteiger partial charge in [-0.1, -0.05) is 6.92 Å². The fourth-order valence-corrected chi connectivity index (χ4v) is 0.943. The van der Waals surface area contributed by atoms with Crippen LogP contribution in [-0.4, -0.2) is 17.1 Å². The van der Waals surface area contributed by atoms with Crippen LogP contribution in [0.25, 0.3) is 0 Å². The van der Waals surface area contributed by atoms with Crippen molar-refractivity contribution in [2.24, 2.45) is 0 Å². The van der Waals surface area contributed by atoms with Crippen LogP contribution in [0.1, 0.15) is 6.92 Å². The van der Waals surface area contributed by atoms with Gasteiger partial charge in [-0.05, 0) is 5.75 Å². The molecule has 0 aromatic carbocycles. The van der Waals surface area contributed by atoms with Gasteiger partial charge in [-0.15, -0.1) is 23.4 Å². The number of thioether (sulfide) groups is 1. The molecule has 44 valence electrons. The Hall–Kier alpha value is 0.570. The summed E-state index contributed by atoms with van der Waals surface area (Å²) in [4.78, 5) is 0. The summed E-state index contributed by atoms with van der Waals surface area (Å²) in [6.07, 6.45) is 0. The van der Waals surface area contributed by atoms with Crippen molar-refractivity contribution in [1.82, 2.24) is 0 Å². The fourth-order valence-electron chi connectivity index (χ4n) is 0.225. The van der Waals surface area contributed by atoms with Crippen LogP contribution in [0, 0.1) is 0 Å². The highest BCUT2D eigenvalue weighted by Crippen LogP contribution is 2.11. The van der Waals surface area contributed by atoms with Crippen molar-refractivity contribution in [3.63, 3.8) is 0 Å². The molecule has 0 aliphatic rings. The minimum Gasteiger partial charge on any atom is -0.234 e. The first-order chi connectivity index (χ1) is 3.31. The molecule has 7 heavy (non-hydrogen) atoms. The third kappa shape index (κ3) is 4.42. The predicted molar refractivity (Wildman–Crippen MR) is 33.7 cm³/mol. The number of rotatable bonds is 3. The molecule has 0 amide bonds. The van der Waals surface area contributed by atoms with Gasteiger partial charge >= 0.3 is 0 Å². The molecular weight excluding hydrogens is 135 g/mol. The number of hydrogen-bond donors (Lipinski definition) is 0. The zero-order valence-electron chi connectivity index (χ0n) is 4.16. The normalized spacial score (nSPS) is 14.1. The van der Waals surface area contributed by atoms with Gasteiger partial charge in [-0.3, -0.25) is 0 Å². The first-order valence-electron chi connectivity index (χ1n) is 2.13. The van der Waals surface area contributed by atoms with E-state index < -0.39 is 5.50 Å². The Kier molecular flexibility index (Phi) is 5.11. The van der Waals surface area contributed by atoms with E-state index in [2.05, 4.69) is 0 Å². The van der Waals surface area contributed by atoms with E-state index in [4.69, 9.17) is 11.6 Å². The average molecular weight is 143 g/mol. The second-order valence-corrected chi connectivity index (χ2v) is 2.75. The van der Waals surface area contributed by atoms with Gasteiger partial charge in [0.25, 0.3) is 0 Å². The van der Waals surface area contributed by atoms with Crippen molar-refractivity contribution in [2.45, 2.75) is 12.4 Å². The number of halogens is 2. The summed E-state index contributed by atoms with van der Waals surface area (Å²) in [5.74, 6) is 0.909. The van der Waals surface area contributed by atoms with Gasteiger partial charge in [-0.25, -0.2) is 4.39 Å². The minimum absolute atomic E-state index is 0.110. The van der Waals surface area contributed by atoms with Crippen LogP contribution in [0.3, 0.4) is 0 Å². The van der Waals surface area contributed by atoms with Crippen molar-refractivity contribution in [2.75, 3.05) is 11.6 Å². The van der Waals surface area contributed by atoms with Crippen LogP contribution in [0.2, 0.25) is 0 Å². The van der Waals surface area contributed by atoms with Crippen molar-refractivity contribution < 1.29 is 4.39 Å². The highest BCUT2D eigenvalue weighted by atomic mass is 35.5. The molecule has 0 saturated carbocycles. The maximum atomic E-state index is 12.0. The van der Waals surface area contributed by atoms with Gasteiger partial charge in [0, 0.05) is 0 Å². The van der Waals surface area contributed by atoms with Crippen LogP contribution in [0.15, 0.2) is 0 Å². The third-order valence-electron chi connectivity index (χ3n) is 0.469. The monoisotopic (exact) mass is 142 g/mol. The maximum absolute atomic E-state index is 12.0. The van der Waals surface area contributed by atoms with Gasteiger partial charge in [-0.2, -0.15) is 0 Å². The summed E-state index contributed by atoms with van der Waals surface area (Å²) in [6, 6.07) is 0. The summed E-state index contributed by atoms with van der Waals surface area (Å²) in [5.41, 5.74) is -0.869. The van der Waals surface area contributed by atoms with Crippen molar-refractivity contribution >= 4 is 23.4 Å². The molecule has 0 N–H and O–H groups in total. The fraction of sp³-hybridized carbons (Fsp3) is 1.00. The van der Waals surface area contributed by atoms with Gasteiger partial charge < -0.3 is 0 Å². The second-order valence-electron chi connectivity index (χ2n) is 1.02. The number of hydrogen-bond acceptors (Lipinski definition) is 1. The van der Waals surface area contributed by atoms with Gasteiger partial charge in [0.05, 0.1) is 5.88 Å². The van der Waals surface area contributed by atoms with Gasteiger partial charge in [0.15, 0.2) is 5.50 Å². The Morgan fingerprint density at radius 3 is 2.57 bits per heavy atom. The quantitative estimate of drug-likeness (QED) is 0.545. The molecule has 0 aliphatic heterocycles. The molecule has 1 unspecified atom stereocenters. The molecule has 0 radical (unpaired) electrons. The molecule has 0 heterocycles. The van der Waals surface area contributed by atoms with E-state index >= 15 is 0 Å². The molecule has 0 nitrogen and oxygen atoms in total. The smallest absolute Gasteiger partial charge is 0.159 e. The van der Waals surface area contributed by atoms with E-state index in [0.29, 0.717) is 0 Å². The molecule has 3 heteroatoms. The van der Waals surface area contributed by atoms with Crippen LogP contribution < -0.4 is 0 Å². The largest absolute Gasteiger partial charge is 0.234 e. The lowest BCUT2D eigenvalue weighted by Crippen LogP contribution is -1.93. The van der Waals surface area contributed by atoms with E-state index in [1.807, 2.05) is 6.92 Å². The Morgan fingerprint density at radius 2 is 2.43 bits per heavy atom. The zero-order valence-corrected chi connectivity index (χ0v) is 5.73. The first-order valence-corrected chi connectivity index (χ1v) is 3.71. The molecule has 1 atom stereocenters. The Bertz CT molecular complexity index is 42.7. The predicted octanol–water partition coefficient (Wildman–Crippen LogP) is 2.27. The lowest BCUT2D eigenvalue weighted by atomic mass is 10.9. The molecule has 0 saturated heterocycles. The molecule has 0 aromatic heterocycles. The van der Waals surface area contributed by atoms with Crippen LogP contribution in [0.4, 0.5) is 4.39 Å². The molecule has 0 aromatic rings. The van der Waals surface area contributed by atoms with Gasteiger partial charge in [0.2, 0.25) is 0 Å². The minimum atomic E-state index is -0.869. The summed E-state index contributed by atoms with van der Waals surface area (Å²) in [6.45, 7) is 1.91. The van der Waals surface area contributed by atoms with Gasteiger partial charge in [0.1, 0.15) is 0 Å². The van der Waals surface area contributed by atoms with Crippen LogP contribution in [-0.2, 0) is 0 Å². The second kappa shape index (κ2) is 4.72. The zero-order chi connectivity index (χ0) is 5.70. The van der Waals surface area contributed by atoms with Crippen molar-refractivity contribution in [3.8, 4) is 0 Å². The lowest BCUT2D eigenvalue weighted by molar-refractivity contribution is 0.487. The van der Waals surface area contributed by atoms with Crippen molar-refractivity contribution in [1.29, 1.82) is 0 Å². The summed E-state index contributed by atoms with van der Waals surface area (Å²) >= 11 is 6.37. The van der Waals surface area contributed by atoms with E-state index in [0.717, 1.165) is 5.75 Å². The standard InChI is InChI=1S/C4H8ClFS/c1-2-7-4(6)3-5/h4H,2-3H2,1H3. The van der Waals surface area contributed by atoms with E-state index in [-0.39, 0.29) is 5.88 Å². The maximum Gasteiger partial charge on any atom is 0.159 e. The van der Waals surface area contributed by atoms with E-state index in [1.165, 1.54) is 11.8 Å². The molecule has 0 rings (SSSR count). The van der Waals surface area contributed by atoms with E-state index in [9.17, 15) is 4.39 Å². The van der Waals surface area contributed by atoms with Crippen LogP contribution >= 0.6 is 23.4 Å². The first kappa shape index (κ1) is 7.57. The molecule has 0 fully saturated rings. The highest BCUT2D eigenvalue weighted by Gasteiger charge is 1.99. The summed E-state index contributed by atoms with van der Waals surface area (Å²) in [7, 11) is 0. The SMILES string of the molecule is CCSC(F)CCl. The molecule has 0 aliphatic carbocycles. The third-order valence-corrected chi connectivity index (χ3v) is 1.78. The molecular formula is C4H8ClFS. The Labute approximate surface area is 52.4 Å². The van der Waals surface area contributed by atoms with Crippen molar-refractivity contribution in [3.05, 3.63) is 0 Å². The highest BCUT2D eigenvalue weighted by molar-refractivity contribution is 7.99. The Balaban J connectivity index is 2.83.